The van der Waals surface area contributed by atoms with Gasteiger partial charge in [0.1, 0.15) is 12.6 Å². The van der Waals surface area contributed by atoms with Gasteiger partial charge in [-0.05, 0) is 66.0 Å². The summed E-state index contributed by atoms with van der Waals surface area (Å²) < 4.78 is 2.51. The highest BCUT2D eigenvalue weighted by molar-refractivity contribution is 6.66. The third kappa shape index (κ3) is 5.89. The van der Waals surface area contributed by atoms with Crippen LogP contribution in [0.1, 0.15) is 44.1 Å². The number of carbonyl (C=O) groups excluding carboxylic acids is 3. The van der Waals surface area contributed by atoms with Gasteiger partial charge in [0.15, 0.2) is 0 Å². The Hall–Kier alpha value is -2.11. The monoisotopic (exact) mass is 561 g/mol. The topological polar surface area (TPSA) is 117 Å². The Labute approximate surface area is 222 Å². The lowest BCUT2D eigenvalue weighted by molar-refractivity contribution is -0.203. The molecule has 1 saturated carbocycles. The molecule has 1 aliphatic carbocycles. The zero-order valence-corrected chi connectivity index (χ0v) is 21.5. The third-order valence-electron chi connectivity index (χ3n) is 6.82. The minimum Gasteiger partial charge on any atom is -0.480 e. The lowest BCUT2D eigenvalue weighted by atomic mass is 9.81. The van der Waals surface area contributed by atoms with Crippen molar-refractivity contribution < 1.29 is 33.9 Å². The standard InChI is InChI=1S/C23H26Cl3N3O7/c24-23(25,26)36-22(34)29(35-13-14-6-2-1-3-7-14)15-10-11-18(21(32)33)27(12-15)28-19(30)16-8-4-5-9-17(16)20(28)31/h1-3,6-7,15-18H,4-5,8-13H2,(H,32,33)/t15-,16-,17+,18+/m1/s1. The number of hydroxylamine groups is 2. The summed E-state index contributed by atoms with van der Waals surface area (Å²) in [7, 11) is 0. The van der Waals surface area contributed by atoms with Gasteiger partial charge in [-0.15, -0.1) is 0 Å². The van der Waals surface area contributed by atoms with E-state index in [1.165, 1.54) is 5.01 Å². The second-order valence-electron chi connectivity index (χ2n) is 9.09. The van der Waals surface area contributed by atoms with Gasteiger partial charge in [0.25, 0.3) is 0 Å². The predicted octanol–water partition coefficient (Wildman–Crippen LogP) is 3.89. The summed E-state index contributed by atoms with van der Waals surface area (Å²) in [5, 5.41) is 13.0. The van der Waals surface area contributed by atoms with Crippen molar-refractivity contribution >= 4 is 58.7 Å². The van der Waals surface area contributed by atoms with Crippen LogP contribution in [0, 0.1) is 11.8 Å². The van der Waals surface area contributed by atoms with Gasteiger partial charge in [-0.25, -0.2) is 9.80 Å². The Kier molecular flexibility index (Phi) is 8.31. The molecular weight excluding hydrogens is 537 g/mol. The molecule has 36 heavy (non-hydrogen) atoms. The fourth-order valence-corrected chi connectivity index (χ4v) is 5.36. The number of rotatable bonds is 6. The van der Waals surface area contributed by atoms with Crippen molar-refractivity contribution in [2.45, 2.75) is 61.2 Å². The molecule has 1 N–H and O–H groups in total. The molecule has 3 fully saturated rings. The fourth-order valence-electron chi connectivity index (χ4n) is 5.16. The number of alkyl halides is 3. The molecule has 0 spiro atoms. The molecule has 2 aliphatic heterocycles. The van der Waals surface area contributed by atoms with Gasteiger partial charge in [-0.1, -0.05) is 43.2 Å². The summed E-state index contributed by atoms with van der Waals surface area (Å²) in [6.07, 6.45) is 1.97. The maximum absolute atomic E-state index is 13.2. The fraction of sp³-hybridized carbons (Fsp3) is 0.565. The number of hydrogen-bond donors (Lipinski definition) is 1. The van der Waals surface area contributed by atoms with Crippen molar-refractivity contribution in [3.8, 4) is 0 Å². The SMILES string of the molecule is O=C(O)[C@@H]1CC[C@@H](N(OCc2ccccc2)C(=O)OC(Cl)(Cl)Cl)CN1N1C(=O)[C@H]2CCCC[C@H]2C1=O. The number of fused-ring (bicyclic) bond motifs is 1. The normalized spacial score (nSPS) is 27.0. The molecule has 196 valence electrons. The van der Waals surface area contributed by atoms with Crippen LogP contribution < -0.4 is 0 Å². The Bertz CT molecular complexity index is 982. The van der Waals surface area contributed by atoms with Gasteiger partial charge in [-0.3, -0.25) is 19.2 Å². The van der Waals surface area contributed by atoms with E-state index in [9.17, 15) is 24.3 Å². The highest BCUT2D eigenvalue weighted by Crippen LogP contribution is 2.40. The lowest BCUT2D eigenvalue weighted by Gasteiger charge is -2.43. The number of halogens is 3. The van der Waals surface area contributed by atoms with Crippen molar-refractivity contribution in [2.24, 2.45) is 11.8 Å². The van der Waals surface area contributed by atoms with Crippen LogP contribution in [0.3, 0.4) is 0 Å². The summed E-state index contributed by atoms with van der Waals surface area (Å²) >= 11 is 17.0. The molecule has 1 aromatic rings. The Morgan fingerprint density at radius 3 is 2.17 bits per heavy atom. The van der Waals surface area contributed by atoms with Crippen molar-refractivity contribution in [2.75, 3.05) is 6.54 Å². The number of amides is 3. The van der Waals surface area contributed by atoms with Gasteiger partial charge in [0, 0.05) is 6.54 Å². The molecule has 0 bridgehead atoms. The summed E-state index contributed by atoms with van der Waals surface area (Å²) in [5.41, 5.74) is 0.745. The number of ether oxygens (including phenoxy) is 1. The van der Waals surface area contributed by atoms with Crippen LogP contribution in [0.25, 0.3) is 0 Å². The van der Waals surface area contributed by atoms with E-state index in [0.717, 1.165) is 28.5 Å². The van der Waals surface area contributed by atoms with Crippen molar-refractivity contribution in [1.29, 1.82) is 0 Å². The average Bonchev–Trinajstić information content (AvgIpc) is 3.08. The molecule has 2 saturated heterocycles. The highest BCUT2D eigenvalue weighted by atomic mass is 35.6. The number of benzene rings is 1. The predicted molar refractivity (Wildman–Crippen MR) is 128 cm³/mol. The van der Waals surface area contributed by atoms with E-state index in [1.54, 1.807) is 24.3 Å². The van der Waals surface area contributed by atoms with Crippen LogP contribution in [0.5, 0.6) is 0 Å². The van der Waals surface area contributed by atoms with Crippen LogP contribution in [-0.2, 0) is 30.6 Å². The number of hydrogen-bond acceptors (Lipinski definition) is 7. The van der Waals surface area contributed by atoms with Crippen LogP contribution in [0.4, 0.5) is 4.79 Å². The highest BCUT2D eigenvalue weighted by Gasteiger charge is 2.54. The largest absolute Gasteiger partial charge is 0.480 e. The van der Waals surface area contributed by atoms with E-state index in [1.807, 2.05) is 6.07 Å². The van der Waals surface area contributed by atoms with E-state index in [4.69, 9.17) is 44.4 Å². The maximum Gasteiger partial charge on any atom is 0.437 e. The second-order valence-corrected chi connectivity index (χ2v) is 11.3. The first-order valence-corrected chi connectivity index (χ1v) is 12.8. The average molecular weight is 563 g/mol. The second kappa shape index (κ2) is 11.1. The number of piperidine rings is 1. The number of carboxylic acids is 1. The Balaban J connectivity index is 1.59. The zero-order valence-electron chi connectivity index (χ0n) is 19.2. The molecule has 10 nitrogen and oxygen atoms in total. The van der Waals surface area contributed by atoms with Gasteiger partial charge in [0.05, 0.1) is 17.9 Å². The summed E-state index contributed by atoms with van der Waals surface area (Å²) in [5.74, 6) is -2.90. The minimum atomic E-state index is -2.36. The minimum absolute atomic E-state index is 0.0274. The molecule has 3 amide bonds. The molecule has 0 aromatic heterocycles. The van der Waals surface area contributed by atoms with Gasteiger partial charge < -0.3 is 9.84 Å². The molecule has 1 aromatic carbocycles. The molecule has 4 atom stereocenters. The third-order valence-corrected chi connectivity index (χ3v) is 7.05. The molecular formula is C23H26Cl3N3O7. The molecule has 0 unspecified atom stereocenters. The van der Waals surface area contributed by atoms with Gasteiger partial charge in [0.2, 0.25) is 11.8 Å². The number of imide groups is 1. The number of carbonyl (C=O) groups is 4. The number of nitrogens with zero attached hydrogens (tertiary/aromatic N) is 3. The first kappa shape index (κ1) is 26.9. The van der Waals surface area contributed by atoms with Crippen molar-refractivity contribution in [3.63, 3.8) is 0 Å². The number of hydrazine groups is 1. The van der Waals surface area contributed by atoms with Crippen LogP contribution in [-0.4, -0.2) is 66.7 Å². The summed E-state index contributed by atoms with van der Waals surface area (Å²) in [4.78, 5) is 57.1. The van der Waals surface area contributed by atoms with Crippen LogP contribution >= 0.6 is 34.8 Å². The number of carboxylic acid groups (broad SMARTS) is 1. The Morgan fingerprint density at radius 1 is 1.00 bits per heavy atom. The molecule has 3 aliphatic rings. The lowest BCUT2D eigenvalue weighted by Crippen LogP contribution is -2.62. The van der Waals surface area contributed by atoms with Crippen LogP contribution in [0.2, 0.25) is 0 Å². The number of aliphatic carboxylic acids is 1. The van der Waals surface area contributed by atoms with Gasteiger partial charge >= 0.3 is 16.0 Å². The van der Waals surface area contributed by atoms with E-state index in [0.29, 0.717) is 12.8 Å². The summed E-state index contributed by atoms with van der Waals surface area (Å²) in [6, 6.07) is 7.07. The Morgan fingerprint density at radius 2 is 1.61 bits per heavy atom. The maximum atomic E-state index is 13.2. The first-order chi connectivity index (χ1) is 17.1. The van der Waals surface area contributed by atoms with E-state index in [2.05, 4.69) is 0 Å². The van der Waals surface area contributed by atoms with E-state index < -0.39 is 51.8 Å². The van der Waals surface area contributed by atoms with Gasteiger partial charge in [-0.2, -0.15) is 10.1 Å². The van der Waals surface area contributed by atoms with E-state index in [-0.39, 0.29) is 26.0 Å². The smallest absolute Gasteiger partial charge is 0.437 e. The molecule has 2 heterocycles. The zero-order chi connectivity index (χ0) is 26.0. The van der Waals surface area contributed by atoms with E-state index >= 15 is 0 Å². The van der Waals surface area contributed by atoms with Crippen molar-refractivity contribution in [1.82, 2.24) is 15.1 Å². The summed E-state index contributed by atoms with van der Waals surface area (Å²) in [6.45, 7) is -0.196. The molecule has 4 rings (SSSR count). The van der Waals surface area contributed by atoms with Crippen LogP contribution in [0.15, 0.2) is 30.3 Å². The quantitative estimate of drug-likeness (QED) is 0.315. The first-order valence-electron chi connectivity index (χ1n) is 11.7. The molecule has 13 heteroatoms. The van der Waals surface area contributed by atoms with Crippen molar-refractivity contribution in [3.05, 3.63) is 35.9 Å². The molecule has 0 radical (unpaired) electrons.